The van der Waals surface area contributed by atoms with Gasteiger partial charge in [-0.1, -0.05) is 13.0 Å². The minimum Gasteiger partial charge on any atom is -0.291 e. The Morgan fingerprint density at radius 2 is 2.00 bits per heavy atom. The molecular formula is C7H10O2. The largest absolute Gasteiger partial charge is 0.291 e. The van der Waals surface area contributed by atoms with Crippen molar-refractivity contribution in [2.75, 3.05) is 0 Å². The van der Waals surface area contributed by atoms with Crippen molar-refractivity contribution in [1.29, 1.82) is 0 Å². The van der Waals surface area contributed by atoms with E-state index in [1.165, 1.54) is 6.08 Å². The van der Waals surface area contributed by atoms with Crippen LogP contribution in [0.15, 0.2) is 12.2 Å². The SMILES string of the molecule is CC=CC(=O)C(=O)CC. The third-order valence-corrected chi connectivity index (χ3v) is 0.914. The second-order valence-corrected chi connectivity index (χ2v) is 1.64. The molecule has 2 nitrogen and oxygen atoms in total. The minimum absolute atomic E-state index is 0.295. The normalized spacial score (nSPS) is 10.0. The fourth-order valence-corrected chi connectivity index (χ4v) is 0.419. The van der Waals surface area contributed by atoms with Crippen molar-refractivity contribution in [3.05, 3.63) is 12.2 Å². The van der Waals surface area contributed by atoms with Crippen LogP contribution < -0.4 is 0 Å². The topological polar surface area (TPSA) is 34.1 Å². The highest BCUT2D eigenvalue weighted by molar-refractivity contribution is 6.41. The molecule has 0 aliphatic carbocycles. The van der Waals surface area contributed by atoms with Gasteiger partial charge in [-0.05, 0) is 13.0 Å². The van der Waals surface area contributed by atoms with Crippen LogP contribution in [0, 0.1) is 0 Å². The number of rotatable bonds is 3. The van der Waals surface area contributed by atoms with Gasteiger partial charge in [0.25, 0.3) is 0 Å². The van der Waals surface area contributed by atoms with Crippen molar-refractivity contribution in [3.63, 3.8) is 0 Å². The van der Waals surface area contributed by atoms with Gasteiger partial charge in [0.15, 0.2) is 0 Å². The van der Waals surface area contributed by atoms with Crippen LogP contribution in [0.5, 0.6) is 0 Å². The van der Waals surface area contributed by atoms with E-state index in [1.54, 1.807) is 19.9 Å². The zero-order valence-electron chi connectivity index (χ0n) is 5.68. The molecule has 0 rings (SSSR count). The summed E-state index contributed by atoms with van der Waals surface area (Å²) in [6.07, 6.45) is 3.14. The molecule has 9 heavy (non-hydrogen) atoms. The Morgan fingerprint density at radius 1 is 1.44 bits per heavy atom. The average molecular weight is 126 g/mol. The molecule has 0 aromatic heterocycles. The Bertz CT molecular complexity index is 145. The quantitative estimate of drug-likeness (QED) is 0.419. The predicted octanol–water partition coefficient (Wildman–Crippen LogP) is 1.11. The van der Waals surface area contributed by atoms with E-state index in [0.717, 1.165) is 0 Å². The molecule has 0 atom stereocenters. The summed E-state index contributed by atoms with van der Waals surface area (Å²) in [5.41, 5.74) is 0. The van der Waals surface area contributed by atoms with E-state index >= 15 is 0 Å². The Morgan fingerprint density at radius 3 is 2.33 bits per heavy atom. The number of ketones is 2. The van der Waals surface area contributed by atoms with Crippen LogP contribution in [0.3, 0.4) is 0 Å². The maximum Gasteiger partial charge on any atom is 0.221 e. The van der Waals surface area contributed by atoms with Gasteiger partial charge in [-0.2, -0.15) is 0 Å². The van der Waals surface area contributed by atoms with E-state index in [2.05, 4.69) is 0 Å². The van der Waals surface area contributed by atoms with Gasteiger partial charge in [-0.15, -0.1) is 0 Å². The van der Waals surface area contributed by atoms with E-state index in [9.17, 15) is 9.59 Å². The summed E-state index contributed by atoms with van der Waals surface area (Å²) < 4.78 is 0. The van der Waals surface area contributed by atoms with Gasteiger partial charge in [0.05, 0.1) is 0 Å². The molecule has 0 saturated carbocycles. The third-order valence-electron chi connectivity index (χ3n) is 0.914. The molecule has 0 aromatic rings. The van der Waals surface area contributed by atoms with E-state index in [0.29, 0.717) is 6.42 Å². The summed E-state index contributed by atoms with van der Waals surface area (Å²) in [4.78, 5) is 21.0. The molecule has 0 aliphatic heterocycles. The van der Waals surface area contributed by atoms with Crippen LogP contribution >= 0.6 is 0 Å². The first-order valence-electron chi connectivity index (χ1n) is 2.92. The summed E-state index contributed by atoms with van der Waals surface area (Å²) in [6.45, 7) is 3.38. The van der Waals surface area contributed by atoms with Crippen molar-refractivity contribution < 1.29 is 9.59 Å². The van der Waals surface area contributed by atoms with Crippen LogP contribution in [0.1, 0.15) is 20.3 Å². The Labute approximate surface area is 54.6 Å². The zero-order valence-corrected chi connectivity index (χ0v) is 5.68. The number of Topliss-reactive ketones (excluding diaryl/α,β-unsaturated/α-hetero) is 1. The number of hydrogen-bond acceptors (Lipinski definition) is 2. The average Bonchev–Trinajstić information content (AvgIpc) is 1.87. The van der Waals surface area contributed by atoms with Crippen LogP contribution in [-0.2, 0) is 9.59 Å². The summed E-state index contributed by atoms with van der Waals surface area (Å²) >= 11 is 0. The van der Waals surface area contributed by atoms with Crippen LogP contribution in [0.4, 0.5) is 0 Å². The van der Waals surface area contributed by atoms with E-state index in [1.807, 2.05) is 0 Å². The Kier molecular flexibility index (Phi) is 3.60. The molecule has 0 heterocycles. The van der Waals surface area contributed by atoms with Crippen molar-refractivity contribution in [2.24, 2.45) is 0 Å². The molecule has 2 heteroatoms. The van der Waals surface area contributed by atoms with Crippen molar-refractivity contribution >= 4 is 11.6 Å². The lowest BCUT2D eigenvalue weighted by molar-refractivity contribution is -0.133. The number of carbonyl (C=O) groups excluding carboxylic acids is 2. The highest BCUT2D eigenvalue weighted by Gasteiger charge is 2.04. The van der Waals surface area contributed by atoms with Crippen molar-refractivity contribution in [1.82, 2.24) is 0 Å². The van der Waals surface area contributed by atoms with Gasteiger partial charge in [0, 0.05) is 6.42 Å². The maximum absolute atomic E-state index is 10.5. The monoisotopic (exact) mass is 126 g/mol. The first-order valence-corrected chi connectivity index (χ1v) is 2.92. The zero-order chi connectivity index (χ0) is 7.28. The van der Waals surface area contributed by atoms with E-state index in [4.69, 9.17) is 0 Å². The summed E-state index contributed by atoms with van der Waals surface area (Å²) in [7, 11) is 0. The number of carbonyl (C=O) groups is 2. The molecule has 0 N–H and O–H groups in total. The molecule has 0 fully saturated rings. The van der Waals surface area contributed by atoms with Gasteiger partial charge < -0.3 is 0 Å². The minimum atomic E-state index is -0.403. The molecule has 0 amide bonds. The highest BCUT2D eigenvalue weighted by atomic mass is 16.2. The summed E-state index contributed by atoms with van der Waals surface area (Å²) in [6, 6.07) is 0. The smallest absolute Gasteiger partial charge is 0.221 e. The lowest BCUT2D eigenvalue weighted by Gasteiger charge is -1.85. The Balaban J connectivity index is 3.89. The lowest BCUT2D eigenvalue weighted by atomic mass is 10.2. The molecule has 50 valence electrons. The fourth-order valence-electron chi connectivity index (χ4n) is 0.419. The standard InChI is InChI=1S/C7H10O2/c1-3-5-7(9)6(8)4-2/h3,5H,4H2,1-2H3. The summed E-state index contributed by atoms with van der Waals surface area (Å²) in [5.74, 6) is -0.729. The van der Waals surface area contributed by atoms with Gasteiger partial charge in [0.2, 0.25) is 11.6 Å². The van der Waals surface area contributed by atoms with E-state index in [-0.39, 0.29) is 5.78 Å². The van der Waals surface area contributed by atoms with Gasteiger partial charge >= 0.3 is 0 Å². The maximum atomic E-state index is 10.5. The van der Waals surface area contributed by atoms with Gasteiger partial charge in [-0.3, -0.25) is 9.59 Å². The summed E-state index contributed by atoms with van der Waals surface area (Å²) in [5, 5.41) is 0. The molecule has 0 saturated heterocycles. The molecule has 0 aliphatic rings. The first-order chi connectivity index (χ1) is 4.22. The second-order valence-electron chi connectivity index (χ2n) is 1.64. The van der Waals surface area contributed by atoms with Gasteiger partial charge in [0.1, 0.15) is 0 Å². The van der Waals surface area contributed by atoms with E-state index < -0.39 is 5.78 Å². The molecule has 0 bridgehead atoms. The molecule has 0 radical (unpaired) electrons. The van der Waals surface area contributed by atoms with Gasteiger partial charge in [-0.25, -0.2) is 0 Å². The highest BCUT2D eigenvalue weighted by Crippen LogP contribution is 1.84. The lowest BCUT2D eigenvalue weighted by Crippen LogP contribution is -2.08. The number of allylic oxidation sites excluding steroid dienone is 2. The predicted molar refractivity (Wildman–Crippen MR) is 35.1 cm³/mol. The molecule has 0 spiro atoms. The molecular weight excluding hydrogens is 116 g/mol. The van der Waals surface area contributed by atoms with Crippen LogP contribution in [0.2, 0.25) is 0 Å². The van der Waals surface area contributed by atoms with Crippen LogP contribution in [-0.4, -0.2) is 11.6 Å². The second kappa shape index (κ2) is 4.01. The first kappa shape index (κ1) is 8.08. The Hall–Kier alpha value is -0.920. The molecule has 0 unspecified atom stereocenters. The third kappa shape index (κ3) is 2.80. The van der Waals surface area contributed by atoms with Crippen LogP contribution in [0.25, 0.3) is 0 Å². The fraction of sp³-hybridized carbons (Fsp3) is 0.429. The molecule has 0 aromatic carbocycles. The van der Waals surface area contributed by atoms with Crippen molar-refractivity contribution in [2.45, 2.75) is 20.3 Å². The van der Waals surface area contributed by atoms with Crippen molar-refractivity contribution in [3.8, 4) is 0 Å². The number of hydrogen-bond donors (Lipinski definition) is 0.